The molecule has 0 saturated carbocycles. The van der Waals surface area contributed by atoms with Crippen LogP contribution in [0.4, 0.5) is 0 Å². The second-order valence-corrected chi connectivity index (χ2v) is 9.25. The van der Waals surface area contributed by atoms with Gasteiger partial charge >= 0.3 is 0 Å². The Kier molecular flexibility index (Phi) is 9.49. The lowest BCUT2D eigenvalue weighted by atomic mass is 9.95. The molecular weight excluding hydrogens is 458 g/mol. The molecule has 1 aliphatic heterocycles. The van der Waals surface area contributed by atoms with Crippen molar-refractivity contribution in [1.29, 1.82) is 10.5 Å². The lowest BCUT2D eigenvalue weighted by molar-refractivity contribution is 0.0338. The monoisotopic (exact) mass is 491 g/mol. The number of nitrogens with zero attached hydrogens (tertiary/aromatic N) is 3. The SMILES string of the molecule is Cc1cc(CN2CCOCC2)c(OCCCCC#N)cc1/C=C/c1cccc(-c2ccccc2)c1C#N. The summed E-state index contributed by atoms with van der Waals surface area (Å²) in [5.74, 6) is 0.882. The van der Waals surface area contributed by atoms with Crippen molar-refractivity contribution in [1.82, 2.24) is 4.90 Å². The molecule has 0 bridgehead atoms. The number of hydrogen-bond donors (Lipinski definition) is 0. The van der Waals surface area contributed by atoms with E-state index in [2.05, 4.69) is 42.2 Å². The van der Waals surface area contributed by atoms with Gasteiger partial charge in [0.05, 0.1) is 31.5 Å². The van der Waals surface area contributed by atoms with Gasteiger partial charge in [-0.3, -0.25) is 4.90 Å². The summed E-state index contributed by atoms with van der Waals surface area (Å²) in [6, 6.07) is 24.9. The van der Waals surface area contributed by atoms with Gasteiger partial charge in [-0.2, -0.15) is 10.5 Å². The Morgan fingerprint density at radius 2 is 1.73 bits per heavy atom. The number of unbranched alkanes of at least 4 members (excludes halogenated alkanes) is 2. The molecule has 5 nitrogen and oxygen atoms in total. The van der Waals surface area contributed by atoms with Crippen molar-refractivity contribution in [2.45, 2.75) is 32.7 Å². The topological polar surface area (TPSA) is 69.3 Å². The van der Waals surface area contributed by atoms with Gasteiger partial charge in [0.1, 0.15) is 11.8 Å². The summed E-state index contributed by atoms with van der Waals surface area (Å²) < 4.78 is 11.8. The maximum absolute atomic E-state index is 9.97. The number of benzene rings is 3. The highest BCUT2D eigenvalue weighted by Gasteiger charge is 2.15. The first-order valence-electron chi connectivity index (χ1n) is 12.9. The number of aryl methyl sites for hydroxylation is 1. The third-order valence-corrected chi connectivity index (χ3v) is 6.62. The molecule has 1 saturated heterocycles. The highest BCUT2D eigenvalue weighted by molar-refractivity contribution is 5.81. The zero-order valence-corrected chi connectivity index (χ0v) is 21.5. The highest BCUT2D eigenvalue weighted by atomic mass is 16.5. The van der Waals surface area contributed by atoms with Crippen molar-refractivity contribution in [3.05, 3.63) is 88.5 Å². The van der Waals surface area contributed by atoms with E-state index in [0.717, 1.165) is 79.3 Å². The number of rotatable bonds is 10. The van der Waals surface area contributed by atoms with Gasteiger partial charge in [0.15, 0.2) is 0 Å². The maximum Gasteiger partial charge on any atom is 0.124 e. The van der Waals surface area contributed by atoms with Gasteiger partial charge < -0.3 is 9.47 Å². The average molecular weight is 492 g/mol. The summed E-state index contributed by atoms with van der Waals surface area (Å²) >= 11 is 0. The summed E-state index contributed by atoms with van der Waals surface area (Å²) in [6.07, 6.45) is 6.33. The molecule has 0 amide bonds. The Morgan fingerprint density at radius 1 is 0.946 bits per heavy atom. The third-order valence-electron chi connectivity index (χ3n) is 6.62. The molecule has 188 valence electrons. The Labute approximate surface area is 220 Å². The summed E-state index contributed by atoms with van der Waals surface area (Å²) in [7, 11) is 0. The largest absolute Gasteiger partial charge is 0.493 e. The van der Waals surface area contributed by atoms with Gasteiger partial charge in [-0.1, -0.05) is 66.7 Å². The van der Waals surface area contributed by atoms with Gasteiger partial charge in [-0.25, -0.2) is 0 Å². The first kappa shape index (κ1) is 26.2. The molecule has 1 heterocycles. The minimum absolute atomic E-state index is 0.551. The zero-order valence-electron chi connectivity index (χ0n) is 21.5. The van der Waals surface area contributed by atoms with Crippen LogP contribution in [0.5, 0.6) is 5.75 Å². The summed E-state index contributed by atoms with van der Waals surface area (Å²) in [5, 5.41) is 18.8. The molecule has 0 aliphatic carbocycles. The van der Waals surface area contributed by atoms with Crippen molar-refractivity contribution < 1.29 is 9.47 Å². The van der Waals surface area contributed by atoms with Gasteiger partial charge in [0.2, 0.25) is 0 Å². The minimum atomic E-state index is 0.551. The molecule has 4 rings (SSSR count). The van der Waals surface area contributed by atoms with E-state index in [1.54, 1.807) is 0 Å². The smallest absolute Gasteiger partial charge is 0.124 e. The number of ether oxygens (including phenoxy) is 2. The molecule has 1 aliphatic rings. The first-order valence-corrected chi connectivity index (χ1v) is 12.9. The van der Waals surface area contributed by atoms with Crippen LogP contribution in [0.2, 0.25) is 0 Å². The van der Waals surface area contributed by atoms with Crippen LogP contribution < -0.4 is 4.74 Å². The van der Waals surface area contributed by atoms with Crippen LogP contribution in [0, 0.1) is 29.6 Å². The van der Waals surface area contributed by atoms with Crippen LogP contribution in [0.15, 0.2) is 60.7 Å². The van der Waals surface area contributed by atoms with E-state index < -0.39 is 0 Å². The van der Waals surface area contributed by atoms with E-state index in [4.69, 9.17) is 14.7 Å². The Morgan fingerprint density at radius 3 is 2.49 bits per heavy atom. The molecule has 0 radical (unpaired) electrons. The lowest BCUT2D eigenvalue weighted by Crippen LogP contribution is -2.35. The van der Waals surface area contributed by atoms with Crippen molar-refractivity contribution in [2.75, 3.05) is 32.9 Å². The van der Waals surface area contributed by atoms with Crippen LogP contribution in [-0.2, 0) is 11.3 Å². The number of morpholine rings is 1. The van der Waals surface area contributed by atoms with Gasteiger partial charge in [-0.05, 0) is 48.1 Å². The van der Waals surface area contributed by atoms with E-state index in [-0.39, 0.29) is 0 Å². The summed E-state index contributed by atoms with van der Waals surface area (Å²) in [6.45, 7) is 6.86. The first-order chi connectivity index (χ1) is 18.2. The van der Waals surface area contributed by atoms with E-state index in [1.165, 1.54) is 5.56 Å². The predicted molar refractivity (Wildman–Crippen MR) is 148 cm³/mol. The lowest BCUT2D eigenvalue weighted by Gasteiger charge is -2.27. The maximum atomic E-state index is 9.97. The van der Waals surface area contributed by atoms with Crippen molar-refractivity contribution >= 4 is 12.2 Å². The van der Waals surface area contributed by atoms with Gasteiger partial charge in [-0.15, -0.1) is 0 Å². The van der Waals surface area contributed by atoms with Gasteiger partial charge in [0.25, 0.3) is 0 Å². The summed E-state index contributed by atoms with van der Waals surface area (Å²) in [4.78, 5) is 2.39. The minimum Gasteiger partial charge on any atom is -0.493 e. The quantitative estimate of drug-likeness (QED) is 0.236. The van der Waals surface area contributed by atoms with E-state index >= 15 is 0 Å². The van der Waals surface area contributed by atoms with Crippen LogP contribution in [-0.4, -0.2) is 37.8 Å². The van der Waals surface area contributed by atoms with E-state index in [9.17, 15) is 5.26 Å². The molecule has 0 spiro atoms. The second kappa shape index (κ2) is 13.4. The van der Waals surface area contributed by atoms with Gasteiger partial charge in [0, 0.05) is 37.2 Å². The Hall–Kier alpha value is -3.90. The average Bonchev–Trinajstić information content (AvgIpc) is 2.94. The molecule has 3 aromatic carbocycles. The van der Waals surface area contributed by atoms with Crippen LogP contribution in [0.3, 0.4) is 0 Å². The van der Waals surface area contributed by atoms with Crippen molar-refractivity contribution in [2.24, 2.45) is 0 Å². The molecule has 0 aromatic heterocycles. The summed E-state index contributed by atoms with van der Waals surface area (Å²) in [5.41, 5.74) is 6.91. The standard InChI is InChI=1S/C32H33N3O2/c1-25-21-29(24-35-16-19-36-20-17-35)32(37-18-7-3-6-15-33)22-28(25)14-13-27-11-8-12-30(31(27)23-34)26-9-4-2-5-10-26/h2,4-5,8-14,21-22H,3,6-7,16-20,24H2,1H3/b14-13+. The molecule has 0 unspecified atom stereocenters. The number of hydrogen-bond acceptors (Lipinski definition) is 5. The Balaban J connectivity index is 1.61. The third kappa shape index (κ3) is 7.08. The molecule has 5 heteroatoms. The fraction of sp³-hybridized carbons (Fsp3) is 0.312. The van der Waals surface area contributed by atoms with E-state index in [0.29, 0.717) is 18.6 Å². The predicted octanol–water partition coefficient (Wildman–Crippen LogP) is 6.61. The molecule has 0 N–H and O–H groups in total. The highest BCUT2D eigenvalue weighted by Crippen LogP contribution is 2.30. The molecule has 1 fully saturated rings. The fourth-order valence-corrected chi connectivity index (χ4v) is 4.56. The van der Waals surface area contributed by atoms with Crippen LogP contribution in [0.1, 0.15) is 47.1 Å². The molecular formula is C32H33N3O2. The van der Waals surface area contributed by atoms with Crippen LogP contribution in [0.25, 0.3) is 23.3 Å². The van der Waals surface area contributed by atoms with Crippen molar-refractivity contribution in [3.63, 3.8) is 0 Å². The van der Waals surface area contributed by atoms with Crippen LogP contribution >= 0.6 is 0 Å². The van der Waals surface area contributed by atoms with Crippen molar-refractivity contribution in [3.8, 4) is 29.0 Å². The molecule has 0 atom stereocenters. The molecule has 3 aromatic rings. The Bertz CT molecular complexity index is 1300. The zero-order chi connectivity index (χ0) is 25.9. The molecule has 37 heavy (non-hydrogen) atoms. The van der Waals surface area contributed by atoms with E-state index in [1.807, 2.05) is 54.6 Å². The fourth-order valence-electron chi connectivity index (χ4n) is 4.56. The second-order valence-electron chi connectivity index (χ2n) is 9.25. The normalized spacial score (nSPS) is 13.8. The number of nitriles is 2.